The Morgan fingerprint density at radius 3 is 2.51 bits per heavy atom. The first-order chi connectivity index (χ1) is 16.5. The van der Waals surface area contributed by atoms with Crippen LogP contribution in [0.25, 0.3) is 0 Å². The van der Waals surface area contributed by atoms with Gasteiger partial charge in [-0.1, -0.05) is 0 Å². The van der Waals surface area contributed by atoms with E-state index in [0.29, 0.717) is 0 Å². The number of phenols is 1. The van der Waals surface area contributed by atoms with Gasteiger partial charge in [-0.2, -0.15) is 0 Å². The Morgan fingerprint density at radius 2 is 1.83 bits per heavy atom. The molecular weight excluding hydrogens is 468 g/mol. The van der Waals surface area contributed by atoms with Crippen LogP contribution >= 0.6 is 0 Å². The van der Waals surface area contributed by atoms with Crippen LogP contribution in [0.5, 0.6) is 5.75 Å². The summed E-state index contributed by atoms with van der Waals surface area (Å²) in [6.07, 6.45) is -8.10. The molecule has 192 valence electrons. The predicted molar refractivity (Wildman–Crippen MR) is 110 cm³/mol. The third-order valence-corrected chi connectivity index (χ3v) is 8.66. The lowest BCUT2D eigenvalue weighted by Gasteiger charge is -2.67. The Labute approximate surface area is 199 Å². The van der Waals surface area contributed by atoms with Crippen LogP contribution in [0.15, 0.2) is 24.3 Å². The Hall–Kier alpha value is -1.87. The van der Waals surface area contributed by atoms with Crippen LogP contribution < -0.4 is 0 Å². The number of benzene rings is 1. The third-order valence-electron chi connectivity index (χ3n) is 8.66. The number of carbonyl (C=O) groups is 1. The number of phenolic OH excluding ortho intramolecular Hbond substituents is 1. The van der Waals surface area contributed by atoms with E-state index in [9.17, 15) is 35.4 Å². The number of rotatable bonds is 6. The summed E-state index contributed by atoms with van der Waals surface area (Å²) in [6.45, 7) is 0.878. The molecule has 12 heteroatoms. The summed E-state index contributed by atoms with van der Waals surface area (Å²) in [6, 6.07) is 5.54. The normalized spacial score (nSPS) is 51.3. The molecule has 12 nitrogen and oxygen atoms in total. The van der Waals surface area contributed by atoms with E-state index in [-0.39, 0.29) is 30.8 Å². The zero-order valence-electron chi connectivity index (χ0n) is 18.8. The molecule has 6 N–H and O–H groups in total. The highest BCUT2D eigenvalue weighted by molar-refractivity contribution is 5.89. The molecule has 0 spiro atoms. The molecule has 0 radical (unpaired) electrons. The van der Waals surface area contributed by atoms with E-state index in [1.165, 1.54) is 24.3 Å². The molecule has 3 aliphatic carbocycles. The van der Waals surface area contributed by atoms with Crippen molar-refractivity contribution in [3.63, 3.8) is 0 Å². The second-order valence-corrected chi connectivity index (χ2v) is 10.4. The van der Waals surface area contributed by atoms with Gasteiger partial charge in [0.2, 0.25) is 0 Å². The SMILES string of the molecule is C[C@@]12C[C@@]3(O)O[C@@H](O1)C1(COC(=O)c4ccc(O)cc4)[C@H]3CC12O[C@@H]1O[C@H](CO)[C@@H](O)[C@H](O)[C@H]1O. The molecule has 4 heterocycles. The Kier molecular flexibility index (Phi) is 4.93. The number of aromatic hydroxyl groups is 1. The van der Waals surface area contributed by atoms with Crippen LogP contribution in [0.4, 0.5) is 0 Å². The first-order valence-corrected chi connectivity index (χ1v) is 11.5. The Bertz CT molecular complexity index is 1030. The fourth-order valence-electron chi connectivity index (χ4n) is 6.90. The summed E-state index contributed by atoms with van der Waals surface area (Å²) < 4.78 is 29.6. The van der Waals surface area contributed by atoms with Gasteiger partial charge < -0.3 is 54.3 Å². The van der Waals surface area contributed by atoms with Gasteiger partial charge in [-0.15, -0.1) is 0 Å². The molecular formula is C23H28O12. The van der Waals surface area contributed by atoms with E-state index in [1.54, 1.807) is 6.92 Å². The van der Waals surface area contributed by atoms with E-state index in [0.717, 1.165) is 0 Å². The Balaban J connectivity index is 1.31. The van der Waals surface area contributed by atoms with Gasteiger partial charge in [0.1, 0.15) is 48.0 Å². The standard InChI is InChI=1S/C23H28O12/c1-20-8-22(30)13-6-23(20,33-18-16(28)15(27)14(26)12(7-24)32-18)21(13,19(34-20)35-22)9-31-17(29)10-2-4-11(25)5-3-10/h2-5,12-16,18-19,24-28,30H,6-9H2,1H3/t12-,13-,14-,15+,16-,18+,19-,20+,21?,22-,23?/m1/s1. The maximum atomic E-state index is 12.7. The number of hydrogen-bond acceptors (Lipinski definition) is 12. The van der Waals surface area contributed by atoms with Gasteiger partial charge in [-0.05, 0) is 37.6 Å². The topological polar surface area (TPSA) is 185 Å². The minimum absolute atomic E-state index is 0.00282. The van der Waals surface area contributed by atoms with Gasteiger partial charge in [0.25, 0.3) is 0 Å². The highest BCUT2D eigenvalue weighted by atomic mass is 16.8. The summed E-state index contributed by atoms with van der Waals surface area (Å²) in [5, 5.41) is 61.2. The zero-order chi connectivity index (χ0) is 25.0. The zero-order valence-corrected chi connectivity index (χ0v) is 18.8. The summed E-state index contributed by atoms with van der Waals surface area (Å²) in [5.41, 5.74) is -3.27. The van der Waals surface area contributed by atoms with Gasteiger partial charge in [0.15, 0.2) is 18.4 Å². The van der Waals surface area contributed by atoms with Crippen LogP contribution in [0.2, 0.25) is 0 Å². The van der Waals surface area contributed by atoms with Crippen molar-refractivity contribution >= 4 is 5.97 Å². The summed E-state index contributed by atoms with van der Waals surface area (Å²) in [5.74, 6) is -2.68. The van der Waals surface area contributed by atoms with Gasteiger partial charge in [0, 0.05) is 12.3 Å². The Morgan fingerprint density at radius 1 is 1.11 bits per heavy atom. The van der Waals surface area contributed by atoms with Crippen molar-refractivity contribution in [2.24, 2.45) is 11.3 Å². The van der Waals surface area contributed by atoms with Crippen molar-refractivity contribution in [3.8, 4) is 5.75 Å². The predicted octanol–water partition coefficient (Wildman–Crippen LogP) is -1.65. The van der Waals surface area contributed by atoms with Crippen LogP contribution in [0.3, 0.4) is 0 Å². The lowest BCUT2D eigenvalue weighted by atomic mass is 9.41. The van der Waals surface area contributed by atoms with Crippen molar-refractivity contribution < 1.29 is 59.1 Å². The fourth-order valence-corrected chi connectivity index (χ4v) is 6.90. The van der Waals surface area contributed by atoms with E-state index >= 15 is 0 Å². The molecule has 3 saturated carbocycles. The fraction of sp³-hybridized carbons (Fsp3) is 0.696. The summed E-state index contributed by atoms with van der Waals surface area (Å²) >= 11 is 0. The van der Waals surface area contributed by atoms with Crippen molar-refractivity contribution in [2.75, 3.05) is 13.2 Å². The van der Waals surface area contributed by atoms with Crippen molar-refractivity contribution in [1.29, 1.82) is 0 Å². The van der Waals surface area contributed by atoms with Crippen molar-refractivity contribution in [2.45, 2.75) is 73.8 Å². The number of ether oxygens (including phenoxy) is 5. The molecule has 8 rings (SSSR count). The second-order valence-electron chi connectivity index (χ2n) is 10.4. The largest absolute Gasteiger partial charge is 0.508 e. The van der Waals surface area contributed by atoms with Crippen LogP contribution in [-0.2, 0) is 23.7 Å². The first kappa shape index (κ1) is 23.5. The molecule has 6 bridgehead atoms. The van der Waals surface area contributed by atoms with Gasteiger partial charge >= 0.3 is 5.97 Å². The second kappa shape index (κ2) is 7.34. The van der Waals surface area contributed by atoms with Crippen molar-refractivity contribution in [3.05, 3.63) is 29.8 Å². The smallest absolute Gasteiger partial charge is 0.338 e. The molecule has 7 aliphatic rings. The molecule has 2 unspecified atom stereocenters. The van der Waals surface area contributed by atoms with Crippen LogP contribution in [0, 0.1) is 11.3 Å². The van der Waals surface area contributed by atoms with E-state index in [4.69, 9.17) is 23.7 Å². The molecule has 4 aliphatic heterocycles. The molecule has 7 fully saturated rings. The number of aliphatic hydroxyl groups excluding tert-OH is 4. The van der Waals surface area contributed by atoms with Gasteiger partial charge in [0.05, 0.1) is 17.6 Å². The summed E-state index contributed by atoms with van der Waals surface area (Å²) in [4.78, 5) is 12.7. The van der Waals surface area contributed by atoms with Crippen molar-refractivity contribution in [1.82, 2.24) is 0 Å². The first-order valence-electron chi connectivity index (χ1n) is 11.5. The number of hydrogen-bond donors (Lipinski definition) is 6. The molecule has 0 aromatic heterocycles. The van der Waals surface area contributed by atoms with E-state index < -0.39 is 77.9 Å². The van der Waals surface area contributed by atoms with Crippen LogP contribution in [0.1, 0.15) is 30.1 Å². The third kappa shape index (κ3) is 2.80. The lowest BCUT2D eigenvalue weighted by molar-refractivity contribution is -0.424. The average molecular weight is 496 g/mol. The number of aliphatic hydroxyl groups is 5. The quantitative estimate of drug-likeness (QED) is 0.247. The minimum atomic E-state index is -1.64. The maximum Gasteiger partial charge on any atom is 0.338 e. The molecule has 0 amide bonds. The summed E-state index contributed by atoms with van der Waals surface area (Å²) in [7, 11) is 0. The molecule has 11 atom stereocenters. The minimum Gasteiger partial charge on any atom is -0.508 e. The average Bonchev–Trinajstić information content (AvgIpc) is 3.00. The lowest BCUT2D eigenvalue weighted by Crippen LogP contribution is -2.80. The van der Waals surface area contributed by atoms with E-state index in [2.05, 4.69) is 0 Å². The number of esters is 1. The van der Waals surface area contributed by atoms with Gasteiger partial charge in [-0.3, -0.25) is 0 Å². The number of carbonyl (C=O) groups excluding carboxylic acids is 1. The molecule has 4 saturated heterocycles. The highest BCUT2D eigenvalue weighted by Crippen LogP contribution is 2.81. The highest BCUT2D eigenvalue weighted by Gasteiger charge is 2.94. The molecule has 1 aromatic rings. The maximum absolute atomic E-state index is 12.7. The molecule has 1 aromatic carbocycles. The van der Waals surface area contributed by atoms with E-state index in [1.807, 2.05) is 0 Å². The van der Waals surface area contributed by atoms with Gasteiger partial charge in [-0.25, -0.2) is 4.79 Å². The monoisotopic (exact) mass is 496 g/mol. The molecule has 35 heavy (non-hydrogen) atoms. The van der Waals surface area contributed by atoms with Crippen LogP contribution in [-0.4, -0.2) is 104 Å².